The van der Waals surface area contributed by atoms with Gasteiger partial charge >= 0.3 is 0 Å². The van der Waals surface area contributed by atoms with Gasteiger partial charge in [-0.05, 0) is 18.4 Å². The fourth-order valence-electron chi connectivity index (χ4n) is 2.43. The first-order chi connectivity index (χ1) is 7.84. The third kappa shape index (κ3) is 1.63. The highest BCUT2D eigenvalue weighted by molar-refractivity contribution is 5.81. The number of furan rings is 1. The van der Waals surface area contributed by atoms with E-state index in [1.165, 1.54) is 19.3 Å². The fourth-order valence-corrected chi connectivity index (χ4v) is 2.43. The lowest BCUT2D eigenvalue weighted by Crippen LogP contribution is -2.14. The van der Waals surface area contributed by atoms with Crippen LogP contribution < -0.4 is 0 Å². The van der Waals surface area contributed by atoms with Gasteiger partial charge in [-0.15, -0.1) is 0 Å². The molecule has 1 N–H and O–H groups in total. The van der Waals surface area contributed by atoms with E-state index in [0.717, 1.165) is 23.0 Å². The summed E-state index contributed by atoms with van der Waals surface area (Å²) in [7, 11) is 0. The largest absolute Gasteiger partial charge is 0.464 e. The van der Waals surface area contributed by atoms with Gasteiger partial charge in [-0.1, -0.05) is 37.5 Å². The molecular formula is C14H16O2. The van der Waals surface area contributed by atoms with Crippen LogP contribution in [0.15, 0.2) is 34.9 Å². The van der Waals surface area contributed by atoms with Crippen LogP contribution in [0, 0.1) is 5.92 Å². The zero-order valence-corrected chi connectivity index (χ0v) is 9.23. The van der Waals surface area contributed by atoms with Gasteiger partial charge < -0.3 is 9.52 Å². The third-order valence-corrected chi connectivity index (χ3v) is 3.65. The molecular weight excluding hydrogens is 200 g/mol. The van der Waals surface area contributed by atoms with E-state index in [1.54, 1.807) is 6.26 Å². The topological polar surface area (TPSA) is 33.4 Å². The summed E-state index contributed by atoms with van der Waals surface area (Å²) >= 11 is 0. The van der Waals surface area contributed by atoms with Gasteiger partial charge in [-0.3, -0.25) is 0 Å². The van der Waals surface area contributed by atoms with Crippen molar-refractivity contribution in [2.24, 2.45) is 5.92 Å². The molecule has 3 rings (SSSR count). The summed E-state index contributed by atoms with van der Waals surface area (Å²) in [6, 6.07) is 7.89. The standard InChI is InChI=1S/C14H16O2/c15-13(8-10-4-3-5-10)12-9-16-14-7-2-1-6-11(12)14/h1-2,6-7,9-10,13,15H,3-5,8H2. The van der Waals surface area contributed by atoms with E-state index in [9.17, 15) is 5.11 Å². The Labute approximate surface area is 94.9 Å². The molecule has 0 saturated heterocycles. The van der Waals surface area contributed by atoms with Crippen LogP contribution in [0.5, 0.6) is 0 Å². The maximum atomic E-state index is 10.2. The predicted octanol–water partition coefficient (Wildman–Crippen LogP) is 3.66. The minimum atomic E-state index is -0.367. The highest BCUT2D eigenvalue weighted by Crippen LogP contribution is 2.36. The summed E-state index contributed by atoms with van der Waals surface area (Å²) in [6.45, 7) is 0. The number of hydrogen-bond donors (Lipinski definition) is 1. The molecule has 1 atom stereocenters. The van der Waals surface area contributed by atoms with Crippen LogP contribution in [-0.2, 0) is 0 Å². The van der Waals surface area contributed by atoms with Crippen LogP contribution in [0.25, 0.3) is 11.0 Å². The van der Waals surface area contributed by atoms with Gasteiger partial charge in [0.2, 0.25) is 0 Å². The smallest absolute Gasteiger partial charge is 0.134 e. The Morgan fingerprint density at radius 2 is 2.12 bits per heavy atom. The number of hydrogen-bond acceptors (Lipinski definition) is 2. The first-order valence-electron chi connectivity index (χ1n) is 5.99. The molecule has 1 aliphatic rings. The zero-order chi connectivity index (χ0) is 11.0. The van der Waals surface area contributed by atoms with Crippen molar-refractivity contribution < 1.29 is 9.52 Å². The van der Waals surface area contributed by atoms with Gasteiger partial charge in [0.1, 0.15) is 5.58 Å². The predicted molar refractivity (Wildman–Crippen MR) is 63.1 cm³/mol. The van der Waals surface area contributed by atoms with E-state index in [0.29, 0.717) is 5.92 Å². The van der Waals surface area contributed by atoms with Crippen molar-refractivity contribution in [2.45, 2.75) is 31.8 Å². The molecule has 1 aromatic heterocycles. The van der Waals surface area contributed by atoms with Crippen molar-refractivity contribution in [2.75, 3.05) is 0 Å². The van der Waals surface area contributed by atoms with E-state index in [1.807, 2.05) is 24.3 Å². The monoisotopic (exact) mass is 216 g/mol. The molecule has 1 saturated carbocycles. The van der Waals surface area contributed by atoms with Crippen LogP contribution in [0.1, 0.15) is 37.4 Å². The summed E-state index contributed by atoms with van der Waals surface area (Å²) in [6.07, 6.45) is 6.08. The van der Waals surface area contributed by atoms with E-state index < -0.39 is 0 Å². The molecule has 1 unspecified atom stereocenters. The number of aliphatic hydroxyl groups excluding tert-OH is 1. The fraction of sp³-hybridized carbons (Fsp3) is 0.429. The van der Waals surface area contributed by atoms with Gasteiger partial charge in [0, 0.05) is 10.9 Å². The van der Waals surface area contributed by atoms with Crippen LogP contribution in [0.2, 0.25) is 0 Å². The van der Waals surface area contributed by atoms with Crippen molar-refractivity contribution >= 4 is 11.0 Å². The van der Waals surface area contributed by atoms with E-state index in [4.69, 9.17) is 4.42 Å². The second-order valence-electron chi connectivity index (χ2n) is 4.74. The average molecular weight is 216 g/mol. The Balaban J connectivity index is 1.86. The Bertz CT molecular complexity index is 482. The Morgan fingerprint density at radius 1 is 1.31 bits per heavy atom. The maximum absolute atomic E-state index is 10.2. The molecule has 1 fully saturated rings. The number of benzene rings is 1. The van der Waals surface area contributed by atoms with Crippen molar-refractivity contribution in [3.63, 3.8) is 0 Å². The normalized spacial score (nSPS) is 18.6. The molecule has 1 aromatic carbocycles. The second-order valence-corrected chi connectivity index (χ2v) is 4.74. The van der Waals surface area contributed by atoms with Crippen LogP contribution in [0.3, 0.4) is 0 Å². The summed E-state index contributed by atoms with van der Waals surface area (Å²) in [5.41, 5.74) is 1.81. The Hall–Kier alpha value is -1.28. The first kappa shape index (κ1) is 9.91. The molecule has 0 radical (unpaired) electrons. The van der Waals surface area contributed by atoms with Crippen LogP contribution in [0.4, 0.5) is 0 Å². The Morgan fingerprint density at radius 3 is 2.88 bits per heavy atom. The highest BCUT2D eigenvalue weighted by atomic mass is 16.3. The van der Waals surface area contributed by atoms with Gasteiger partial charge in [-0.25, -0.2) is 0 Å². The lowest BCUT2D eigenvalue weighted by molar-refractivity contribution is 0.119. The molecule has 0 spiro atoms. The zero-order valence-electron chi connectivity index (χ0n) is 9.23. The number of rotatable bonds is 3. The molecule has 1 aliphatic carbocycles. The minimum absolute atomic E-state index is 0.367. The summed E-state index contributed by atoms with van der Waals surface area (Å²) < 4.78 is 5.44. The van der Waals surface area contributed by atoms with Gasteiger partial charge in [-0.2, -0.15) is 0 Å². The summed E-state index contributed by atoms with van der Waals surface area (Å²) in [4.78, 5) is 0. The highest BCUT2D eigenvalue weighted by Gasteiger charge is 2.23. The van der Waals surface area contributed by atoms with Crippen molar-refractivity contribution in [1.29, 1.82) is 0 Å². The van der Waals surface area contributed by atoms with E-state index in [-0.39, 0.29) is 6.10 Å². The maximum Gasteiger partial charge on any atom is 0.134 e. The van der Waals surface area contributed by atoms with E-state index >= 15 is 0 Å². The third-order valence-electron chi connectivity index (χ3n) is 3.65. The number of aliphatic hydroxyl groups is 1. The van der Waals surface area contributed by atoms with Crippen LogP contribution in [-0.4, -0.2) is 5.11 Å². The quantitative estimate of drug-likeness (QED) is 0.849. The first-order valence-corrected chi connectivity index (χ1v) is 5.99. The molecule has 2 heteroatoms. The van der Waals surface area contributed by atoms with E-state index in [2.05, 4.69) is 0 Å². The lowest BCUT2D eigenvalue weighted by atomic mass is 9.80. The lowest BCUT2D eigenvalue weighted by Gasteiger charge is -2.27. The van der Waals surface area contributed by atoms with Gasteiger partial charge in [0.15, 0.2) is 0 Å². The van der Waals surface area contributed by atoms with Gasteiger partial charge in [0.25, 0.3) is 0 Å². The minimum Gasteiger partial charge on any atom is -0.464 e. The van der Waals surface area contributed by atoms with Crippen molar-refractivity contribution in [1.82, 2.24) is 0 Å². The Kier molecular flexibility index (Phi) is 2.44. The molecule has 0 bridgehead atoms. The number of para-hydroxylation sites is 1. The average Bonchev–Trinajstić information content (AvgIpc) is 2.67. The molecule has 0 amide bonds. The molecule has 2 aromatic rings. The second kappa shape index (κ2) is 3.95. The van der Waals surface area contributed by atoms with Crippen LogP contribution >= 0.6 is 0 Å². The molecule has 84 valence electrons. The molecule has 1 heterocycles. The SMILES string of the molecule is OC(CC1CCC1)c1coc2ccccc12. The van der Waals surface area contributed by atoms with Crippen molar-refractivity contribution in [3.8, 4) is 0 Å². The molecule has 0 aliphatic heterocycles. The van der Waals surface area contributed by atoms with Crippen molar-refractivity contribution in [3.05, 3.63) is 36.1 Å². The molecule has 2 nitrogen and oxygen atoms in total. The summed E-state index contributed by atoms with van der Waals surface area (Å²) in [5, 5.41) is 11.2. The van der Waals surface area contributed by atoms with Gasteiger partial charge in [0.05, 0.1) is 12.4 Å². The number of fused-ring (bicyclic) bond motifs is 1. The molecule has 16 heavy (non-hydrogen) atoms. The summed E-state index contributed by atoms with van der Waals surface area (Å²) in [5.74, 6) is 0.712.